The molecule has 31 heavy (non-hydrogen) atoms. The molecule has 0 aliphatic carbocycles. The van der Waals surface area contributed by atoms with E-state index in [9.17, 15) is 4.79 Å². The normalized spacial score (nSPS) is 15.3. The van der Waals surface area contributed by atoms with Crippen molar-refractivity contribution in [1.29, 1.82) is 0 Å². The molecule has 2 aromatic rings. The van der Waals surface area contributed by atoms with Crippen LogP contribution in [0.4, 0.5) is 0 Å². The minimum Gasteiger partial charge on any atom is -0.342 e. The van der Waals surface area contributed by atoms with Crippen molar-refractivity contribution in [2.45, 2.75) is 52.5 Å². The van der Waals surface area contributed by atoms with Gasteiger partial charge in [-0.1, -0.05) is 44.9 Å². The van der Waals surface area contributed by atoms with Gasteiger partial charge in [-0.15, -0.1) is 11.3 Å². The SMILES string of the molecule is CCCCN(CCCC)C(=O)Cc1csc(-c2cccc(CN3CCN(C)CC3)c2)n1. The van der Waals surface area contributed by atoms with E-state index in [1.807, 2.05) is 4.90 Å². The van der Waals surface area contributed by atoms with Gasteiger partial charge < -0.3 is 9.80 Å². The second-order valence-electron chi connectivity index (χ2n) is 8.69. The summed E-state index contributed by atoms with van der Waals surface area (Å²) in [5.74, 6) is 0.211. The van der Waals surface area contributed by atoms with Crippen molar-refractivity contribution in [2.24, 2.45) is 0 Å². The third-order valence-corrected chi connectivity index (χ3v) is 6.92. The first kappa shape index (κ1) is 23.9. The number of carbonyl (C=O) groups excluding carboxylic acids is 1. The van der Waals surface area contributed by atoms with Crippen molar-refractivity contribution in [3.05, 3.63) is 40.9 Å². The van der Waals surface area contributed by atoms with Crippen LogP contribution in [-0.4, -0.2) is 71.9 Å². The maximum Gasteiger partial charge on any atom is 0.228 e. The summed E-state index contributed by atoms with van der Waals surface area (Å²) in [7, 11) is 2.19. The van der Waals surface area contributed by atoms with Gasteiger partial charge in [-0.3, -0.25) is 9.69 Å². The number of piperazine rings is 1. The Labute approximate surface area is 192 Å². The largest absolute Gasteiger partial charge is 0.342 e. The number of rotatable bonds is 11. The molecule has 0 unspecified atom stereocenters. The fraction of sp³-hybridized carbons (Fsp3) is 0.600. The Bertz CT molecular complexity index is 805. The number of amides is 1. The van der Waals surface area contributed by atoms with Crippen molar-refractivity contribution < 1.29 is 4.79 Å². The average molecular weight is 443 g/mol. The third-order valence-electron chi connectivity index (χ3n) is 5.98. The lowest BCUT2D eigenvalue weighted by Crippen LogP contribution is -2.43. The second-order valence-corrected chi connectivity index (χ2v) is 9.55. The van der Waals surface area contributed by atoms with Crippen LogP contribution in [-0.2, 0) is 17.8 Å². The molecule has 2 heterocycles. The second kappa shape index (κ2) is 12.3. The Balaban J connectivity index is 1.61. The molecule has 1 saturated heterocycles. The summed E-state index contributed by atoms with van der Waals surface area (Å²) in [6, 6.07) is 8.73. The molecule has 0 bridgehead atoms. The molecule has 1 aliphatic heterocycles. The van der Waals surface area contributed by atoms with Gasteiger partial charge in [0.15, 0.2) is 0 Å². The van der Waals surface area contributed by atoms with Crippen molar-refractivity contribution in [3.8, 4) is 10.6 Å². The first-order valence-electron chi connectivity index (χ1n) is 11.8. The lowest BCUT2D eigenvalue weighted by molar-refractivity contribution is -0.130. The van der Waals surface area contributed by atoms with Crippen LogP contribution in [0, 0.1) is 0 Å². The highest BCUT2D eigenvalue weighted by atomic mass is 32.1. The Morgan fingerprint density at radius 3 is 2.48 bits per heavy atom. The van der Waals surface area contributed by atoms with E-state index in [1.165, 1.54) is 5.56 Å². The molecule has 1 aromatic heterocycles. The molecule has 0 spiro atoms. The Kier molecular flexibility index (Phi) is 9.50. The maximum atomic E-state index is 12.9. The average Bonchev–Trinajstić information content (AvgIpc) is 3.24. The molecule has 1 aliphatic rings. The number of thiazole rings is 1. The summed E-state index contributed by atoms with van der Waals surface area (Å²) in [6.07, 6.45) is 4.77. The summed E-state index contributed by atoms with van der Waals surface area (Å²) < 4.78 is 0. The summed E-state index contributed by atoms with van der Waals surface area (Å²) in [5.41, 5.74) is 3.39. The lowest BCUT2D eigenvalue weighted by atomic mass is 10.1. The summed E-state index contributed by atoms with van der Waals surface area (Å²) in [4.78, 5) is 24.6. The van der Waals surface area contributed by atoms with Gasteiger partial charge in [0.05, 0.1) is 12.1 Å². The maximum absolute atomic E-state index is 12.9. The van der Waals surface area contributed by atoms with E-state index < -0.39 is 0 Å². The van der Waals surface area contributed by atoms with Crippen LogP contribution in [0.15, 0.2) is 29.6 Å². The molecule has 0 atom stereocenters. The number of benzene rings is 1. The number of hydrogen-bond acceptors (Lipinski definition) is 5. The van der Waals surface area contributed by atoms with E-state index >= 15 is 0 Å². The van der Waals surface area contributed by atoms with Crippen molar-refractivity contribution in [1.82, 2.24) is 19.7 Å². The highest BCUT2D eigenvalue weighted by molar-refractivity contribution is 7.13. The molecule has 1 amide bonds. The van der Waals surface area contributed by atoms with Gasteiger partial charge in [0.1, 0.15) is 5.01 Å². The van der Waals surface area contributed by atoms with E-state index in [2.05, 4.69) is 60.3 Å². The number of hydrogen-bond donors (Lipinski definition) is 0. The first-order valence-corrected chi connectivity index (χ1v) is 12.7. The minimum absolute atomic E-state index is 0.211. The molecule has 1 aromatic carbocycles. The first-order chi connectivity index (χ1) is 15.1. The van der Waals surface area contributed by atoms with Gasteiger partial charge in [0, 0.05) is 56.8 Å². The zero-order valence-electron chi connectivity index (χ0n) is 19.5. The topological polar surface area (TPSA) is 39.7 Å². The number of nitrogens with zero attached hydrogens (tertiary/aromatic N) is 4. The standard InChI is InChI=1S/C25H38N4OS/c1-4-6-11-29(12-7-5-2)24(30)18-23-20-31-25(26-23)22-10-8-9-21(17-22)19-28-15-13-27(3)14-16-28/h8-10,17,20H,4-7,11-16,18-19H2,1-3H3. The highest BCUT2D eigenvalue weighted by Crippen LogP contribution is 2.25. The quantitative estimate of drug-likeness (QED) is 0.513. The number of likely N-dealkylation sites (N-methyl/N-ethyl adjacent to an activating group) is 1. The van der Waals surface area contributed by atoms with Gasteiger partial charge in [-0.25, -0.2) is 4.98 Å². The zero-order valence-corrected chi connectivity index (χ0v) is 20.3. The molecule has 0 saturated carbocycles. The Hall–Kier alpha value is -1.76. The summed E-state index contributed by atoms with van der Waals surface area (Å²) in [6.45, 7) is 11.6. The molecule has 1 fully saturated rings. The Morgan fingerprint density at radius 2 is 1.81 bits per heavy atom. The predicted octanol–water partition coefficient (Wildman–Crippen LogP) is 4.53. The van der Waals surface area contributed by atoms with Crippen LogP contribution in [0.5, 0.6) is 0 Å². The predicted molar refractivity (Wildman–Crippen MR) is 130 cm³/mol. The molecule has 6 heteroatoms. The fourth-order valence-corrected chi connectivity index (χ4v) is 4.73. The van der Waals surface area contributed by atoms with Gasteiger partial charge >= 0.3 is 0 Å². The van der Waals surface area contributed by atoms with Gasteiger partial charge in [-0.2, -0.15) is 0 Å². The molecule has 3 rings (SSSR count). The molecule has 5 nitrogen and oxygen atoms in total. The van der Waals surface area contributed by atoms with Gasteiger partial charge in [0.2, 0.25) is 5.91 Å². The van der Waals surface area contributed by atoms with E-state index in [0.717, 1.165) is 87.8 Å². The van der Waals surface area contributed by atoms with E-state index in [1.54, 1.807) is 11.3 Å². The molecular formula is C25H38N4OS. The summed E-state index contributed by atoms with van der Waals surface area (Å²) in [5, 5.41) is 3.06. The third kappa shape index (κ3) is 7.41. The van der Waals surface area contributed by atoms with Gasteiger partial charge in [0.25, 0.3) is 0 Å². The van der Waals surface area contributed by atoms with Crippen LogP contribution >= 0.6 is 11.3 Å². The van der Waals surface area contributed by atoms with E-state index in [-0.39, 0.29) is 5.91 Å². The highest BCUT2D eigenvalue weighted by Gasteiger charge is 2.17. The van der Waals surface area contributed by atoms with Crippen molar-refractivity contribution >= 4 is 17.2 Å². The van der Waals surface area contributed by atoms with Crippen LogP contribution in [0.3, 0.4) is 0 Å². The zero-order chi connectivity index (χ0) is 22.1. The molecule has 170 valence electrons. The monoisotopic (exact) mass is 442 g/mol. The van der Waals surface area contributed by atoms with Crippen LogP contribution < -0.4 is 0 Å². The molecule has 0 radical (unpaired) electrons. The van der Waals surface area contributed by atoms with E-state index in [0.29, 0.717) is 6.42 Å². The fourth-order valence-electron chi connectivity index (χ4n) is 3.91. The number of unbranched alkanes of at least 4 members (excludes halogenated alkanes) is 2. The van der Waals surface area contributed by atoms with Gasteiger partial charge in [-0.05, 0) is 31.5 Å². The smallest absolute Gasteiger partial charge is 0.228 e. The Morgan fingerprint density at radius 1 is 1.10 bits per heavy atom. The number of aromatic nitrogens is 1. The van der Waals surface area contributed by atoms with Crippen LogP contribution in [0.1, 0.15) is 50.8 Å². The summed E-state index contributed by atoms with van der Waals surface area (Å²) >= 11 is 1.65. The minimum atomic E-state index is 0.211. The lowest BCUT2D eigenvalue weighted by Gasteiger charge is -2.32. The van der Waals surface area contributed by atoms with Crippen molar-refractivity contribution in [3.63, 3.8) is 0 Å². The van der Waals surface area contributed by atoms with Crippen LogP contribution in [0.2, 0.25) is 0 Å². The van der Waals surface area contributed by atoms with Crippen LogP contribution in [0.25, 0.3) is 10.6 Å². The van der Waals surface area contributed by atoms with E-state index in [4.69, 9.17) is 4.98 Å². The molecular weight excluding hydrogens is 404 g/mol. The molecule has 0 N–H and O–H groups in total. The number of carbonyl (C=O) groups is 1. The van der Waals surface area contributed by atoms with Crippen molar-refractivity contribution in [2.75, 3.05) is 46.3 Å².